The van der Waals surface area contributed by atoms with Gasteiger partial charge >= 0.3 is 0 Å². The van der Waals surface area contributed by atoms with Crippen molar-refractivity contribution in [2.45, 2.75) is 19.4 Å². The van der Waals surface area contributed by atoms with Crippen LogP contribution in [0.25, 0.3) is 0 Å². The smallest absolute Gasteiger partial charge is 0.105 e. The first-order valence-corrected chi connectivity index (χ1v) is 7.72. The molecule has 1 unspecified atom stereocenters. The van der Waals surface area contributed by atoms with Crippen LogP contribution in [0.4, 0.5) is 5.69 Å². The van der Waals surface area contributed by atoms with Gasteiger partial charge in [-0.3, -0.25) is 0 Å². The normalized spacial score (nSPS) is 11.9. The fourth-order valence-corrected chi connectivity index (χ4v) is 3.01. The van der Waals surface area contributed by atoms with Gasteiger partial charge < -0.3 is 11.1 Å². The molecule has 0 heterocycles. The largest absolute Gasteiger partial charge is 0.389 e. The average molecular weight is 349 g/mol. The first kappa shape index (κ1) is 15.0. The van der Waals surface area contributed by atoms with Gasteiger partial charge in [0.15, 0.2) is 0 Å². The topological polar surface area (TPSA) is 38.0 Å². The van der Waals surface area contributed by atoms with Gasteiger partial charge in [0.2, 0.25) is 0 Å². The van der Waals surface area contributed by atoms with Crippen molar-refractivity contribution in [2.75, 3.05) is 5.32 Å². The molecule has 4 heteroatoms. The quantitative estimate of drug-likeness (QED) is 0.772. The second-order valence-electron chi connectivity index (χ2n) is 4.57. The molecule has 0 amide bonds. The maximum atomic E-state index is 5.66. The van der Waals surface area contributed by atoms with Crippen LogP contribution in [0.1, 0.15) is 30.5 Å². The van der Waals surface area contributed by atoms with E-state index >= 15 is 0 Å². The molecule has 0 saturated heterocycles. The molecule has 104 valence electrons. The van der Waals surface area contributed by atoms with E-state index in [1.165, 1.54) is 5.56 Å². The highest BCUT2D eigenvalue weighted by Gasteiger charge is 2.10. The van der Waals surface area contributed by atoms with E-state index in [1.54, 1.807) is 0 Å². The van der Waals surface area contributed by atoms with Crippen molar-refractivity contribution in [3.8, 4) is 0 Å². The Balaban J connectivity index is 2.20. The highest BCUT2D eigenvalue weighted by atomic mass is 79.9. The van der Waals surface area contributed by atoms with Crippen LogP contribution in [0.15, 0.2) is 53.0 Å². The predicted octanol–water partition coefficient (Wildman–Crippen LogP) is 4.65. The summed E-state index contributed by atoms with van der Waals surface area (Å²) in [4.78, 5) is 0.401. The number of halogens is 1. The molecular formula is C16H17BrN2S. The van der Waals surface area contributed by atoms with Gasteiger partial charge in [0.05, 0.1) is 6.04 Å². The van der Waals surface area contributed by atoms with E-state index in [0.29, 0.717) is 11.0 Å². The number of benzene rings is 2. The molecule has 0 aliphatic rings. The summed E-state index contributed by atoms with van der Waals surface area (Å²) in [6.45, 7) is 2.17. The van der Waals surface area contributed by atoms with E-state index in [4.69, 9.17) is 18.0 Å². The van der Waals surface area contributed by atoms with E-state index in [9.17, 15) is 0 Å². The zero-order valence-corrected chi connectivity index (χ0v) is 13.7. The third-order valence-electron chi connectivity index (χ3n) is 3.19. The Bertz CT molecular complexity index is 599. The molecule has 0 saturated carbocycles. The molecule has 0 spiro atoms. The van der Waals surface area contributed by atoms with Gasteiger partial charge in [0.1, 0.15) is 4.99 Å². The number of rotatable bonds is 5. The second kappa shape index (κ2) is 6.86. The summed E-state index contributed by atoms with van der Waals surface area (Å²) in [5.41, 5.74) is 8.85. The first-order valence-electron chi connectivity index (χ1n) is 6.52. The van der Waals surface area contributed by atoms with Crippen LogP contribution in [0.5, 0.6) is 0 Å². The SMILES string of the molecule is CCC(Nc1ccc(C(N)=S)c(Br)c1)c1ccccc1. The van der Waals surface area contributed by atoms with Gasteiger partial charge in [-0.05, 0) is 46.1 Å². The molecular weight excluding hydrogens is 332 g/mol. The van der Waals surface area contributed by atoms with E-state index in [2.05, 4.69) is 52.4 Å². The van der Waals surface area contributed by atoms with Crippen LogP contribution >= 0.6 is 28.1 Å². The zero-order chi connectivity index (χ0) is 14.5. The van der Waals surface area contributed by atoms with Crippen LogP contribution in [0.3, 0.4) is 0 Å². The van der Waals surface area contributed by atoms with Crippen molar-refractivity contribution in [3.05, 3.63) is 64.1 Å². The summed E-state index contributed by atoms with van der Waals surface area (Å²) in [6, 6.07) is 16.7. The van der Waals surface area contributed by atoms with Crippen LogP contribution in [-0.4, -0.2) is 4.99 Å². The van der Waals surface area contributed by atoms with Gasteiger partial charge in [-0.15, -0.1) is 0 Å². The molecule has 2 aromatic rings. The van der Waals surface area contributed by atoms with Crippen LogP contribution < -0.4 is 11.1 Å². The second-order valence-corrected chi connectivity index (χ2v) is 5.87. The van der Waals surface area contributed by atoms with E-state index in [0.717, 1.165) is 22.1 Å². The Kier molecular flexibility index (Phi) is 5.15. The highest BCUT2D eigenvalue weighted by molar-refractivity contribution is 9.10. The summed E-state index contributed by atoms with van der Waals surface area (Å²) in [7, 11) is 0. The Morgan fingerprint density at radius 1 is 1.25 bits per heavy atom. The molecule has 0 aromatic heterocycles. The van der Waals surface area contributed by atoms with Gasteiger partial charge in [-0.25, -0.2) is 0 Å². The van der Waals surface area contributed by atoms with E-state index < -0.39 is 0 Å². The minimum atomic E-state index is 0.291. The molecule has 20 heavy (non-hydrogen) atoms. The summed E-state index contributed by atoms with van der Waals surface area (Å²) < 4.78 is 0.915. The van der Waals surface area contributed by atoms with Crippen molar-refractivity contribution in [1.29, 1.82) is 0 Å². The lowest BCUT2D eigenvalue weighted by Crippen LogP contribution is -2.12. The number of hydrogen-bond donors (Lipinski definition) is 2. The Morgan fingerprint density at radius 2 is 1.95 bits per heavy atom. The van der Waals surface area contributed by atoms with Crippen molar-refractivity contribution in [3.63, 3.8) is 0 Å². The van der Waals surface area contributed by atoms with Gasteiger partial charge in [-0.2, -0.15) is 0 Å². The zero-order valence-electron chi connectivity index (χ0n) is 11.3. The number of nitrogens with one attached hydrogen (secondary N) is 1. The maximum Gasteiger partial charge on any atom is 0.105 e. The average Bonchev–Trinajstić information content (AvgIpc) is 2.45. The van der Waals surface area contributed by atoms with Crippen molar-refractivity contribution < 1.29 is 0 Å². The lowest BCUT2D eigenvalue weighted by molar-refractivity contribution is 0.749. The Morgan fingerprint density at radius 3 is 2.50 bits per heavy atom. The van der Waals surface area contributed by atoms with Crippen molar-refractivity contribution >= 4 is 38.8 Å². The highest BCUT2D eigenvalue weighted by Crippen LogP contribution is 2.26. The van der Waals surface area contributed by atoms with Crippen LogP contribution in [-0.2, 0) is 0 Å². The molecule has 0 radical (unpaired) electrons. The maximum absolute atomic E-state index is 5.66. The number of hydrogen-bond acceptors (Lipinski definition) is 2. The summed E-state index contributed by atoms with van der Waals surface area (Å²) in [5.74, 6) is 0. The Labute approximate surface area is 133 Å². The minimum absolute atomic E-state index is 0.291. The molecule has 2 nitrogen and oxygen atoms in total. The van der Waals surface area contributed by atoms with Crippen molar-refractivity contribution in [2.24, 2.45) is 5.73 Å². The fourth-order valence-electron chi connectivity index (χ4n) is 2.11. The van der Waals surface area contributed by atoms with Crippen molar-refractivity contribution in [1.82, 2.24) is 0 Å². The number of thiocarbonyl (C=S) groups is 1. The predicted molar refractivity (Wildman–Crippen MR) is 93.1 cm³/mol. The summed E-state index contributed by atoms with van der Waals surface area (Å²) >= 11 is 8.52. The molecule has 3 N–H and O–H groups in total. The van der Waals surface area contributed by atoms with Gasteiger partial charge in [0, 0.05) is 15.7 Å². The number of nitrogens with two attached hydrogens (primary N) is 1. The Hall–Kier alpha value is -1.39. The monoisotopic (exact) mass is 348 g/mol. The summed E-state index contributed by atoms with van der Waals surface area (Å²) in [5, 5.41) is 3.54. The standard InChI is InChI=1S/C16H17BrN2S/c1-2-15(11-6-4-3-5-7-11)19-12-8-9-13(16(18)20)14(17)10-12/h3-10,15,19H,2H2,1H3,(H2,18,20). The molecule has 0 aliphatic carbocycles. The molecule has 0 fully saturated rings. The molecule has 0 bridgehead atoms. The van der Waals surface area contributed by atoms with E-state index in [1.807, 2.05) is 24.3 Å². The summed E-state index contributed by atoms with van der Waals surface area (Å²) in [6.07, 6.45) is 1.01. The minimum Gasteiger partial charge on any atom is -0.389 e. The van der Waals surface area contributed by atoms with Gasteiger partial charge in [-0.1, -0.05) is 49.5 Å². The lowest BCUT2D eigenvalue weighted by atomic mass is 10.0. The number of anilines is 1. The van der Waals surface area contributed by atoms with E-state index in [-0.39, 0.29) is 0 Å². The molecule has 1 atom stereocenters. The van der Waals surface area contributed by atoms with Gasteiger partial charge in [0.25, 0.3) is 0 Å². The molecule has 0 aliphatic heterocycles. The third kappa shape index (κ3) is 3.58. The lowest BCUT2D eigenvalue weighted by Gasteiger charge is -2.19. The van der Waals surface area contributed by atoms with Crippen LogP contribution in [0.2, 0.25) is 0 Å². The fraction of sp³-hybridized carbons (Fsp3) is 0.188. The third-order valence-corrected chi connectivity index (χ3v) is 4.06. The first-order chi connectivity index (χ1) is 9.61. The molecule has 2 rings (SSSR count). The van der Waals surface area contributed by atoms with Crippen LogP contribution in [0, 0.1) is 0 Å². The molecule has 2 aromatic carbocycles.